The lowest BCUT2D eigenvalue weighted by atomic mass is 9.89. The van der Waals surface area contributed by atoms with Gasteiger partial charge in [0.2, 0.25) is 0 Å². The van der Waals surface area contributed by atoms with Crippen LogP contribution in [0.15, 0.2) is 24.3 Å². The first kappa shape index (κ1) is 17.1. The Hall–Kier alpha value is -1.24. The van der Waals surface area contributed by atoms with Gasteiger partial charge in [0, 0.05) is 32.4 Å². The van der Waals surface area contributed by atoms with Crippen LogP contribution in [0.25, 0.3) is 0 Å². The number of aliphatic hydroxyl groups excluding tert-OH is 1. The van der Waals surface area contributed by atoms with Crippen molar-refractivity contribution in [1.82, 2.24) is 10.6 Å². The summed E-state index contributed by atoms with van der Waals surface area (Å²) >= 11 is 4.02. The summed E-state index contributed by atoms with van der Waals surface area (Å²) < 4.78 is 5.77. The van der Waals surface area contributed by atoms with Gasteiger partial charge in [-0.1, -0.05) is 24.3 Å². The molecular formula is C16H24N2O3S. The number of carbonyl (C=O) groups excluding carboxylic acids is 1. The Bertz CT molecular complexity index is 512. The van der Waals surface area contributed by atoms with Crippen LogP contribution >= 0.6 is 12.6 Å². The van der Waals surface area contributed by atoms with E-state index in [4.69, 9.17) is 4.74 Å². The van der Waals surface area contributed by atoms with Gasteiger partial charge in [-0.3, -0.25) is 0 Å². The van der Waals surface area contributed by atoms with E-state index in [0.29, 0.717) is 18.7 Å². The first-order valence-electron chi connectivity index (χ1n) is 7.55. The number of rotatable bonds is 7. The molecule has 1 aromatic rings. The zero-order chi connectivity index (χ0) is 16.0. The van der Waals surface area contributed by atoms with Crippen LogP contribution in [0.3, 0.4) is 0 Å². The minimum absolute atomic E-state index is 0.200. The number of ether oxygens (including phenoxy) is 1. The molecule has 1 aromatic carbocycles. The zero-order valence-electron chi connectivity index (χ0n) is 12.8. The number of amides is 2. The van der Waals surface area contributed by atoms with Crippen molar-refractivity contribution in [3.05, 3.63) is 35.4 Å². The standard InChI is InChI=1S/C16H24N2O3S/c1-21-16(7-6-12-4-2-3-5-14(12)16)10-13(19)11-18-15(20)17-8-9-22/h2-5,13,19,22H,6-11H2,1H3,(H2,17,18,20). The summed E-state index contributed by atoms with van der Waals surface area (Å²) in [5.74, 6) is 0.583. The molecule has 0 aromatic heterocycles. The Morgan fingerprint density at radius 2 is 2.23 bits per heavy atom. The van der Waals surface area contributed by atoms with E-state index in [1.54, 1.807) is 7.11 Å². The molecule has 0 radical (unpaired) electrons. The summed E-state index contributed by atoms with van der Waals surface area (Å²) in [5.41, 5.74) is 1.96. The number of aliphatic hydroxyl groups is 1. The molecule has 22 heavy (non-hydrogen) atoms. The van der Waals surface area contributed by atoms with Crippen molar-refractivity contribution in [3.8, 4) is 0 Å². The van der Waals surface area contributed by atoms with E-state index in [0.717, 1.165) is 18.4 Å². The molecule has 0 saturated carbocycles. The number of nitrogens with one attached hydrogen (secondary N) is 2. The largest absolute Gasteiger partial charge is 0.391 e. The molecule has 0 fully saturated rings. The van der Waals surface area contributed by atoms with Gasteiger partial charge in [-0.25, -0.2) is 4.79 Å². The maximum atomic E-state index is 11.5. The Balaban J connectivity index is 1.92. The first-order valence-corrected chi connectivity index (χ1v) is 8.18. The topological polar surface area (TPSA) is 70.6 Å². The quantitative estimate of drug-likeness (QED) is 0.574. The van der Waals surface area contributed by atoms with E-state index in [2.05, 4.69) is 35.4 Å². The van der Waals surface area contributed by atoms with Gasteiger partial charge < -0.3 is 20.5 Å². The molecular weight excluding hydrogens is 300 g/mol. The second-order valence-electron chi connectivity index (χ2n) is 5.57. The van der Waals surface area contributed by atoms with Gasteiger partial charge in [0.15, 0.2) is 0 Å². The van der Waals surface area contributed by atoms with Crippen molar-refractivity contribution in [2.24, 2.45) is 0 Å². The fraction of sp³-hybridized carbons (Fsp3) is 0.562. The highest BCUT2D eigenvalue weighted by Crippen LogP contribution is 2.42. The molecule has 0 heterocycles. The highest BCUT2D eigenvalue weighted by atomic mass is 32.1. The van der Waals surface area contributed by atoms with Crippen molar-refractivity contribution in [2.75, 3.05) is 26.0 Å². The molecule has 2 amide bonds. The van der Waals surface area contributed by atoms with Crippen LogP contribution in [-0.2, 0) is 16.8 Å². The van der Waals surface area contributed by atoms with Gasteiger partial charge in [-0.05, 0) is 24.0 Å². The Labute approximate surface area is 136 Å². The molecule has 0 bridgehead atoms. The molecule has 3 N–H and O–H groups in total. The lowest BCUT2D eigenvalue weighted by molar-refractivity contribution is -0.0497. The third kappa shape index (κ3) is 3.94. The predicted octanol–water partition coefficient (Wildman–Crippen LogP) is 1.45. The highest BCUT2D eigenvalue weighted by molar-refractivity contribution is 7.80. The van der Waals surface area contributed by atoms with Gasteiger partial charge in [-0.15, -0.1) is 0 Å². The van der Waals surface area contributed by atoms with Crippen LogP contribution < -0.4 is 10.6 Å². The second kappa shape index (κ2) is 7.85. The van der Waals surface area contributed by atoms with Gasteiger partial charge >= 0.3 is 6.03 Å². The lowest BCUT2D eigenvalue weighted by Gasteiger charge is -2.31. The smallest absolute Gasteiger partial charge is 0.314 e. The Morgan fingerprint density at radius 1 is 1.45 bits per heavy atom. The summed E-state index contributed by atoms with van der Waals surface area (Å²) in [6, 6.07) is 7.89. The van der Waals surface area contributed by atoms with Crippen LogP contribution in [-0.4, -0.2) is 43.2 Å². The first-order chi connectivity index (χ1) is 10.6. The van der Waals surface area contributed by atoms with E-state index in [-0.39, 0.29) is 12.6 Å². The number of hydrogen-bond donors (Lipinski definition) is 4. The van der Waals surface area contributed by atoms with Crippen molar-refractivity contribution >= 4 is 18.7 Å². The van der Waals surface area contributed by atoms with Crippen molar-refractivity contribution in [3.63, 3.8) is 0 Å². The van der Waals surface area contributed by atoms with E-state index in [9.17, 15) is 9.90 Å². The number of carbonyl (C=O) groups is 1. The average molecular weight is 324 g/mol. The number of aryl methyl sites for hydroxylation is 1. The number of benzene rings is 1. The van der Waals surface area contributed by atoms with Crippen LogP contribution in [0.2, 0.25) is 0 Å². The van der Waals surface area contributed by atoms with E-state index < -0.39 is 11.7 Å². The third-order valence-corrected chi connectivity index (χ3v) is 4.38. The summed E-state index contributed by atoms with van der Waals surface area (Å²) in [4.78, 5) is 11.5. The van der Waals surface area contributed by atoms with Crippen LogP contribution in [0, 0.1) is 0 Å². The molecule has 2 rings (SSSR count). The van der Waals surface area contributed by atoms with E-state index in [1.807, 2.05) is 12.1 Å². The van der Waals surface area contributed by atoms with Crippen LogP contribution in [0.1, 0.15) is 24.0 Å². The van der Waals surface area contributed by atoms with E-state index in [1.165, 1.54) is 5.56 Å². The molecule has 6 heteroatoms. The maximum absolute atomic E-state index is 11.5. The summed E-state index contributed by atoms with van der Waals surface area (Å²) in [6.07, 6.45) is 1.61. The molecule has 1 aliphatic carbocycles. The van der Waals surface area contributed by atoms with E-state index >= 15 is 0 Å². The normalized spacial score (nSPS) is 21.2. The van der Waals surface area contributed by atoms with Gasteiger partial charge in [0.25, 0.3) is 0 Å². The predicted molar refractivity (Wildman–Crippen MR) is 89.3 cm³/mol. The minimum Gasteiger partial charge on any atom is -0.391 e. The summed E-state index contributed by atoms with van der Waals surface area (Å²) in [6.45, 7) is 0.701. The van der Waals surface area contributed by atoms with Gasteiger partial charge in [0.1, 0.15) is 0 Å². The number of urea groups is 1. The highest BCUT2D eigenvalue weighted by Gasteiger charge is 2.40. The molecule has 0 spiro atoms. The monoisotopic (exact) mass is 324 g/mol. The minimum atomic E-state index is -0.659. The number of thiol groups is 1. The SMILES string of the molecule is COC1(CC(O)CNC(=O)NCCS)CCc2ccccc21. The fourth-order valence-electron chi connectivity index (χ4n) is 3.06. The van der Waals surface area contributed by atoms with Crippen LogP contribution in [0.5, 0.6) is 0 Å². The maximum Gasteiger partial charge on any atom is 0.314 e. The molecule has 1 aliphatic rings. The van der Waals surface area contributed by atoms with Crippen molar-refractivity contribution < 1.29 is 14.6 Å². The van der Waals surface area contributed by atoms with Crippen molar-refractivity contribution in [2.45, 2.75) is 31.0 Å². The Kier molecular flexibility index (Phi) is 6.11. The zero-order valence-corrected chi connectivity index (χ0v) is 13.7. The molecule has 2 atom stereocenters. The number of hydrogen-bond acceptors (Lipinski definition) is 4. The summed E-state index contributed by atoms with van der Waals surface area (Å²) in [5, 5.41) is 15.6. The van der Waals surface area contributed by atoms with Gasteiger partial charge in [-0.2, -0.15) is 12.6 Å². The molecule has 0 saturated heterocycles. The van der Waals surface area contributed by atoms with Crippen LogP contribution in [0.4, 0.5) is 4.79 Å². The molecule has 122 valence electrons. The average Bonchev–Trinajstić information content (AvgIpc) is 2.90. The number of fused-ring (bicyclic) bond motifs is 1. The fourth-order valence-corrected chi connectivity index (χ4v) is 3.17. The van der Waals surface area contributed by atoms with Crippen molar-refractivity contribution in [1.29, 1.82) is 0 Å². The number of methoxy groups -OCH3 is 1. The Morgan fingerprint density at radius 3 is 2.95 bits per heavy atom. The molecule has 2 unspecified atom stereocenters. The third-order valence-electron chi connectivity index (χ3n) is 4.16. The molecule has 0 aliphatic heterocycles. The lowest BCUT2D eigenvalue weighted by Crippen LogP contribution is -2.42. The molecule has 5 nitrogen and oxygen atoms in total. The summed E-state index contributed by atoms with van der Waals surface area (Å²) in [7, 11) is 1.68. The van der Waals surface area contributed by atoms with Gasteiger partial charge in [0.05, 0.1) is 11.7 Å². The second-order valence-corrected chi connectivity index (χ2v) is 6.02.